The van der Waals surface area contributed by atoms with Crippen molar-refractivity contribution < 1.29 is 80.2 Å². The van der Waals surface area contributed by atoms with Gasteiger partial charge in [-0.05, 0) is 43.4 Å². The molecule has 0 bridgehead atoms. The Balaban J connectivity index is 5.15. The Morgan fingerprint density at radius 3 is 0.747 bits per heavy atom. The van der Waals surface area contributed by atoms with E-state index in [1.165, 1.54) is 167 Å². The van der Waals surface area contributed by atoms with E-state index in [-0.39, 0.29) is 25.7 Å². The molecule has 0 saturated heterocycles. The first-order valence-electron chi connectivity index (χ1n) is 37.3. The number of aliphatic hydroxyl groups excluding tert-OH is 1. The zero-order valence-corrected chi connectivity index (χ0v) is 61.1. The number of esters is 4. The Bertz CT molecular complexity index is 1780. The van der Waals surface area contributed by atoms with Gasteiger partial charge in [0, 0.05) is 25.7 Å². The van der Waals surface area contributed by atoms with Gasteiger partial charge in [0.25, 0.3) is 0 Å². The van der Waals surface area contributed by atoms with Gasteiger partial charge >= 0.3 is 39.5 Å². The number of carbonyl (C=O) groups is 4. The summed E-state index contributed by atoms with van der Waals surface area (Å²) in [6.07, 6.45) is 47.5. The van der Waals surface area contributed by atoms with E-state index >= 15 is 0 Å². The van der Waals surface area contributed by atoms with Gasteiger partial charge in [0.2, 0.25) is 0 Å². The van der Waals surface area contributed by atoms with Crippen molar-refractivity contribution in [3.8, 4) is 0 Å². The molecule has 0 fully saturated rings. The fraction of sp³-hybridized carbons (Fsp3) is 0.944. The normalized spacial score (nSPS) is 14.2. The molecular formula is C72H140O17P2. The zero-order chi connectivity index (χ0) is 67.3. The first-order valence-corrected chi connectivity index (χ1v) is 40.3. The molecule has 3 N–H and O–H groups in total. The summed E-state index contributed by atoms with van der Waals surface area (Å²) in [5, 5.41) is 10.6. The molecule has 2 unspecified atom stereocenters. The lowest BCUT2D eigenvalue weighted by molar-refractivity contribution is -0.161. The van der Waals surface area contributed by atoms with E-state index in [1.807, 2.05) is 0 Å². The molecule has 0 aliphatic heterocycles. The summed E-state index contributed by atoms with van der Waals surface area (Å²) in [5.41, 5.74) is 0. The third-order valence-electron chi connectivity index (χ3n) is 16.6. The molecule has 0 aliphatic carbocycles. The third-order valence-corrected chi connectivity index (χ3v) is 18.5. The second-order valence-corrected chi connectivity index (χ2v) is 30.3. The highest BCUT2D eigenvalue weighted by atomic mass is 31.2. The average Bonchev–Trinajstić information content (AvgIpc) is 3.09. The average molecular weight is 1340 g/mol. The maximum atomic E-state index is 13.0. The quantitative estimate of drug-likeness (QED) is 0.0222. The molecule has 0 radical (unpaired) electrons. The van der Waals surface area contributed by atoms with Crippen LogP contribution >= 0.6 is 15.6 Å². The van der Waals surface area contributed by atoms with Crippen molar-refractivity contribution in [2.24, 2.45) is 17.8 Å². The van der Waals surface area contributed by atoms with Gasteiger partial charge in [0.1, 0.15) is 19.3 Å². The molecule has 0 heterocycles. The highest BCUT2D eigenvalue weighted by Crippen LogP contribution is 2.45. The van der Waals surface area contributed by atoms with Crippen LogP contribution in [0.1, 0.15) is 363 Å². The molecule has 0 spiro atoms. The minimum Gasteiger partial charge on any atom is -0.462 e. The Morgan fingerprint density at radius 1 is 0.297 bits per heavy atom. The molecule has 19 heteroatoms. The van der Waals surface area contributed by atoms with Crippen molar-refractivity contribution in [2.45, 2.75) is 381 Å². The van der Waals surface area contributed by atoms with Crippen LogP contribution in [0.2, 0.25) is 0 Å². The highest BCUT2D eigenvalue weighted by Gasteiger charge is 2.30. The van der Waals surface area contributed by atoms with Gasteiger partial charge in [-0.3, -0.25) is 37.3 Å². The molecule has 0 rings (SSSR count). The van der Waals surface area contributed by atoms with Crippen molar-refractivity contribution >= 4 is 39.5 Å². The highest BCUT2D eigenvalue weighted by molar-refractivity contribution is 7.47. The number of ether oxygens (including phenoxy) is 4. The Hall–Kier alpha value is -1.94. The number of aliphatic hydroxyl groups is 1. The third kappa shape index (κ3) is 66.5. The molecule has 91 heavy (non-hydrogen) atoms. The Morgan fingerprint density at radius 2 is 0.505 bits per heavy atom. The Labute approximate surface area is 556 Å². The van der Waals surface area contributed by atoms with Crippen LogP contribution in [0.5, 0.6) is 0 Å². The van der Waals surface area contributed by atoms with Crippen LogP contribution in [0.25, 0.3) is 0 Å². The smallest absolute Gasteiger partial charge is 0.462 e. The molecular weight excluding hydrogens is 1200 g/mol. The fourth-order valence-corrected chi connectivity index (χ4v) is 12.5. The van der Waals surface area contributed by atoms with Gasteiger partial charge in [-0.2, -0.15) is 0 Å². The number of carbonyl (C=O) groups excluding carboxylic acids is 4. The first-order chi connectivity index (χ1) is 43.7. The van der Waals surface area contributed by atoms with Crippen LogP contribution in [0.15, 0.2) is 0 Å². The summed E-state index contributed by atoms with van der Waals surface area (Å²) < 4.78 is 68.2. The molecule has 0 saturated carbocycles. The number of hydrogen-bond donors (Lipinski definition) is 3. The van der Waals surface area contributed by atoms with Gasteiger partial charge in [-0.15, -0.1) is 0 Å². The second-order valence-electron chi connectivity index (χ2n) is 27.4. The van der Waals surface area contributed by atoms with Crippen molar-refractivity contribution in [3.63, 3.8) is 0 Å². The van der Waals surface area contributed by atoms with Gasteiger partial charge in [-0.25, -0.2) is 9.13 Å². The lowest BCUT2D eigenvalue weighted by atomic mass is 10.0. The van der Waals surface area contributed by atoms with Crippen LogP contribution < -0.4 is 0 Å². The van der Waals surface area contributed by atoms with E-state index in [4.69, 9.17) is 37.0 Å². The van der Waals surface area contributed by atoms with Crippen LogP contribution in [0.3, 0.4) is 0 Å². The molecule has 0 aromatic rings. The van der Waals surface area contributed by atoms with Crippen molar-refractivity contribution in [2.75, 3.05) is 39.6 Å². The minimum atomic E-state index is -4.95. The van der Waals surface area contributed by atoms with E-state index in [2.05, 4.69) is 48.5 Å². The molecule has 0 aromatic carbocycles. The molecule has 540 valence electrons. The summed E-state index contributed by atoms with van der Waals surface area (Å²) >= 11 is 0. The van der Waals surface area contributed by atoms with Crippen LogP contribution in [0, 0.1) is 17.8 Å². The molecule has 17 nitrogen and oxygen atoms in total. The lowest BCUT2D eigenvalue weighted by Gasteiger charge is -2.21. The number of rotatable bonds is 70. The molecule has 0 aromatic heterocycles. The number of phosphoric acid groups is 2. The summed E-state index contributed by atoms with van der Waals surface area (Å²) in [7, 11) is -9.90. The second kappa shape index (κ2) is 62.8. The van der Waals surface area contributed by atoms with Gasteiger partial charge in [0.05, 0.1) is 26.4 Å². The molecule has 0 amide bonds. The monoisotopic (exact) mass is 1340 g/mol. The topological polar surface area (TPSA) is 237 Å². The predicted octanol–water partition coefficient (Wildman–Crippen LogP) is 20.6. The number of phosphoric ester groups is 2. The zero-order valence-electron chi connectivity index (χ0n) is 59.3. The van der Waals surface area contributed by atoms with Gasteiger partial charge in [0.15, 0.2) is 12.2 Å². The Kier molecular flexibility index (Phi) is 61.5. The van der Waals surface area contributed by atoms with Crippen molar-refractivity contribution in [3.05, 3.63) is 0 Å². The van der Waals surface area contributed by atoms with Gasteiger partial charge in [-0.1, -0.05) is 312 Å². The number of hydrogen-bond acceptors (Lipinski definition) is 15. The van der Waals surface area contributed by atoms with Crippen LogP contribution in [-0.4, -0.2) is 96.7 Å². The fourth-order valence-electron chi connectivity index (χ4n) is 10.9. The summed E-state index contributed by atoms with van der Waals surface area (Å²) in [5.74, 6) is 0.0930. The first kappa shape index (κ1) is 89.1. The standard InChI is InChI=1S/C72H140O17P2/c1-8-9-10-11-12-13-25-32-39-46-53-69(74)82-59-68(89-72(77)56-49-42-35-28-31-38-45-52-65(6)7)62-87-91(80,81)85-58-66(73)57-84-90(78,79)86-61-67(60-83-70(75)54-47-40-34-27-30-37-44-51-64(4)5)88-71(76)55-48-41-33-26-23-21-19-17-15-14-16-18-20-22-24-29-36-43-50-63(2)3/h63-68,73H,8-62H2,1-7H3,(H,78,79)(H,80,81)/t66-,67-,68-/m1/s1. The number of unbranched alkanes of at least 4 members (excludes halogenated alkanes) is 38. The lowest BCUT2D eigenvalue weighted by Crippen LogP contribution is -2.30. The van der Waals surface area contributed by atoms with E-state index in [0.717, 1.165) is 102 Å². The maximum absolute atomic E-state index is 13.0. The van der Waals surface area contributed by atoms with Crippen molar-refractivity contribution in [1.82, 2.24) is 0 Å². The SMILES string of the molecule is CCCCCCCCCCCCC(=O)OC[C@H](COP(=O)(O)OC[C@H](O)COP(=O)(O)OC[C@@H](COC(=O)CCCCCCCCCC(C)C)OC(=O)CCCCCCCCCCCCCCCCCCCCC(C)C)OC(=O)CCCCCCCCCC(C)C. The predicted molar refractivity (Wildman–Crippen MR) is 368 cm³/mol. The summed E-state index contributed by atoms with van der Waals surface area (Å²) in [6.45, 7) is 11.8. The largest absolute Gasteiger partial charge is 0.472 e. The molecule has 0 aliphatic rings. The maximum Gasteiger partial charge on any atom is 0.472 e. The van der Waals surface area contributed by atoms with Crippen LogP contribution in [0.4, 0.5) is 0 Å². The van der Waals surface area contributed by atoms with Crippen LogP contribution in [-0.2, 0) is 65.4 Å². The van der Waals surface area contributed by atoms with E-state index in [1.54, 1.807) is 0 Å². The molecule has 5 atom stereocenters. The minimum absolute atomic E-state index is 0.103. The van der Waals surface area contributed by atoms with E-state index < -0.39 is 97.5 Å². The van der Waals surface area contributed by atoms with E-state index in [0.29, 0.717) is 37.5 Å². The summed E-state index contributed by atoms with van der Waals surface area (Å²) in [4.78, 5) is 72.5. The van der Waals surface area contributed by atoms with Gasteiger partial charge < -0.3 is 33.8 Å². The van der Waals surface area contributed by atoms with Crippen molar-refractivity contribution in [1.29, 1.82) is 0 Å². The van der Waals surface area contributed by atoms with E-state index in [9.17, 15) is 43.2 Å². The summed E-state index contributed by atoms with van der Waals surface area (Å²) in [6, 6.07) is 0.